The van der Waals surface area contributed by atoms with Gasteiger partial charge < -0.3 is 19.5 Å². The van der Waals surface area contributed by atoms with E-state index in [0.29, 0.717) is 18.8 Å². The van der Waals surface area contributed by atoms with E-state index in [1.807, 2.05) is 13.8 Å². The molecule has 1 unspecified atom stereocenters. The minimum atomic E-state index is -3.35. The van der Waals surface area contributed by atoms with Crippen LogP contribution in [-0.2, 0) is 13.6 Å². The van der Waals surface area contributed by atoms with Gasteiger partial charge in [-0.1, -0.05) is 26.0 Å². The molecule has 0 radical (unpaired) electrons. The Balaban J connectivity index is 2.89. The molecule has 114 valence electrons. The van der Waals surface area contributed by atoms with Crippen LogP contribution >= 0.6 is 7.60 Å². The molecule has 0 bridgehead atoms. The highest BCUT2D eigenvalue weighted by atomic mass is 31.2. The van der Waals surface area contributed by atoms with Gasteiger partial charge in [0.2, 0.25) is 0 Å². The third-order valence-electron chi connectivity index (χ3n) is 2.75. The van der Waals surface area contributed by atoms with Gasteiger partial charge in [0.1, 0.15) is 11.5 Å². The fourth-order valence-corrected chi connectivity index (χ4v) is 3.43. The fraction of sp³-hybridized carbons (Fsp3) is 0.571. The Kier molecular flexibility index (Phi) is 7.24. The van der Waals surface area contributed by atoms with Crippen molar-refractivity contribution in [3.63, 3.8) is 0 Å². The van der Waals surface area contributed by atoms with Gasteiger partial charge >= 0.3 is 7.60 Å². The second-order valence-corrected chi connectivity index (χ2v) is 6.58. The van der Waals surface area contributed by atoms with Gasteiger partial charge in [0, 0.05) is 0 Å². The summed E-state index contributed by atoms with van der Waals surface area (Å²) < 4.78 is 28.7. The number of ether oxygens (including phenoxy) is 1. The molecule has 1 rings (SSSR count). The molecule has 1 atom stereocenters. The minimum absolute atomic E-state index is 0.366. The van der Waals surface area contributed by atoms with Gasteiger partial charge in [0.05, 0.1) is 20.3 Å². The summed E-state index contributed by atoms with van der Waals surface area (Å²) in [5, 5.41) is 0. The van der Waals surface area contributed by atoms with Crippen molar-refractivity contribution >= 4 is 7.60 Å². The molecule has 0 amide bonds. The average Bonchev–Trinajstić information content (AvgIpc) is 2.50. The summed E-state index contributed by atoms with van der Waals surface area (Å²) in [5.41, 5.74) is 6.80. The first-order valence-electron chi connectivity index (χ1n) is 6.85. The second kappa shape index (κ2) is 8.42. The highest BCUT2D eigenvalue weighted by Crippen LogP contribution is 2.58. The molecule has 0 aliphatic rings. The zero-order valence-corrected chi connectivity index (χ0v) is 13.3. The monoisotopic (exact) mass is 301 g/mol. The third-order valence-corrected chi connectivity index (χ3v) is 4.81. The quantitative estimate of drug-likeness (QED) is 0.704. The first-order valence-corrected chi connectivity index (χ1v) is 8.47. The summed E-state index contributed by atoms with van der Waals surface area (Å²) in [6, 6.07) is 7.11. The van der Waals surface area contributed by atoms with E-state index in [2.05, 4.69) is 0 Å². The summed E-state index contributed by atoms with van der Waals surface area (Å²) in [7, 11) is -1.76. The molecule has 0 aromatic heterocycles. The van der Waals surface area contributed by atoms with Crippen LogP contribution in [0.5, 0.6) is 5.75 Å². The average molecular weight is 301 g/mol. The van der Waals surface area contributed by atoms with Crippen LogP contribution in [0.4, 0.5) is 0 Å². The lowest BCUT2D eigenvalue weighted by Crippen LogP contribution is -2.15. The predicted octanol–water partition coefficient (Wildman–Crippen LogP) is 3.70. The van der Waals surface area contributed by atoms with Crippen LogP contribution in [0.15, 0.2) is 24.3 Å². The molecule has 0 aliphatic heterocycles. The first kappa shape index (κ1) is 17.2. The lowest BCUT2D eigenvalue weighted by Gasteiger charge is -2.24. The second-order valence-electron chi connectivity index (χ2n) is 4.42. The molecule has 1 aromatic rings. The number of nitrogens with two attached hydrogens (primary N) is 1. The summed E-state index contributed by atoms with van der Waals surface area (Å²) >= 11 is 0. The standard InChI is InChI=1S/C14H24NO4P/c1-4-10-18-20(16,19-11-5-2)14(15)12-6-8-13(17-3)9-7-12/h6-9,14H,4-5,10-11,15H2,1-3H3. The lowest BCUT2D eigenvalue weighted by atomic mass is 10.2. The maximum atomic E-state index is 12.8. The minimum Gasteiger partial charge on any atom is -0.497 e. The topological polar surface area (TPSA) is 70.8 Å². The van der Waals surface area contributed by atoms with Crippen LogP contribution in [-0.4, -0.2) is 20.3 Å². The van der Waals surface area contributed by atoms with Crippen LogP contribution in [0.3, 0.4) is 0 Å². The third kappa shape index (κ3) is 4.60. The first-order chi connectivity index (χ1) is 9.57. The summed E-state index contributed by atoms with van der Waals surface area (Å²) in [5.74, 6) is -0.0637. The Morgan fingerprint density at radius 1 is 1.10 bits per heavy atom. The number of methoxy groups -OCH3 is 1. The van der Waals surface area contributed by atoms with E-state index in [9.17, 15) is 4.57 Å². The van der Waals surface area contributed by atoms with Crippen molar-refractivity contribution in [3.8, 4) is 5.75 Å². The van der Waals surface area contributed by atoms with Gasteiger partial charge in [-0.2, -0.15) is 0 Å². The Morgan fingerprint density at radius 2 is 1.60 bits per heavy atom. The molecule has 0 spiro atoms. The van der Waals surface area contributed by atoms with Crippen LogP contribution in [0.1, 0.15) is 38.0 Å². The van der Waals surface area contributed by atoms with Crippen LogP contribution in [0, 0.1) is 0 Å². The zero-order valence-electron chi connectivity index (χ0n) is 12.4. The summed E-state index contributed by atoms with van der Waals surface area (Å²) in [4.78, 5) is 0. The molecule has 0 fully saturated rings. The van der Waals surface area contributed by atoms with E-state index in [1.54, 1.807) is 31.4 Å². The largest absolute Gasteiger partial charge is 0.497 e. The van der Waals surface area contributed by atoms with Crippen LogP contribution in [0.2, 0.25) is 0 Å². The molecular formula is C14H24NO4P. The Labute approximate surface area is 120 Å². The maximum Gasteiger partial charge on any atom is 0.351 e. The maximum absolute atomic E-state index is 12.8. The summed E-state index contributed by atoms with van der Waals surface area (Å²) in [6.45, 7) is 4.63. The van der Waals surface area contributed by atoms with Gasteiger partial charge in [-0.05, 0) is 30.5 Å². The molecule has 2 N–H and O–H groups in total. The van der Waals surface area contributed by atoms with Gasteiger partial charge in [-0.3, -0.25) is 4.57 Å². The van der Waals surface area contributed by atoms with E-state index < -0.39 is 13.4 Å². The Morgan fingerprint density at radius 3 is 2.00 bits per heavy atom. The zero-order chi connectivity index (χ0) is 15.0. The van der Waals surface area contributed by atoms with E-state index in [0.717, 1.165) is 18.6 Å². The van der Waals surface area contributed by atoms with Crippen molar-refractivity contribution in [3.05, 3.63) is 29.8 Å². The van der Waals surface area contributed by atoms with Crippen molar-refractivity contribution in [1.82, 2.24) is 0 Å². The van der Waals surface area contributed by atoms with Gasteiger partial charge in [-0.15, -0.1) is 0 Å². The SMILES string of the molecule is CCCOP(=O)(OCCC)C(N)c1ccc(OC)cc1. The highest BCUT2D eigenvalue weighted by molar-refractivity contribution is 7.54. The molecule has 5 nitrogen and oxygen atoms in total. The highest BCUT2D eigenvalue weighted by Gasteiger charge is 2.34. The molecule has 0 aliphatic carbocycles. The lowest BCUT2D eigenvalue weighted by molar-refractivity contribution is 0.197. The molecule has 1 aromatic carbocycles. The van der Waals surface area contributed by atoms with Crippen molar-refractivity contribution in [2.24, 2.45) is 5.73 Å². The van der Waals surface area contributed by atoms with Crippen LogP contribution in [0.25, 0.3) is 0 Å². The predicted molar refractivity (Wildman–Crippen MR) is 80.0 cm³/mol. The summed E-state index contributed by atoms with van der Waals surface area (Å²) in [6.07, 6.45) is 1.52. The van der Waals surface area contributed by atoms with E-state index in [4.69, 9.17) is 19.5 Å². The van der Waals surface area contributed by atoms with Crippen LogP contribution < -0.4 is 10.5 Å². The van der Waals surface area contributed by atoms with Crippen molar-refractivity contribution < 1.29 is 18.3 Å². The molecular weight excluding hydrogens is 277 g/mol. The molecule has 20 heavy (non-hydrogen) atoms. The number of hydrogen-bond donors (Lipinski definition) is 1. The molecule has 0 saturated heterocycles. The van der Waals surface area contributed by atoms with Gasteiger partial charge in [-0.25, -0.2) is 0 Å². The molecule has 0 saturated carbocycles. The Hall–Kier alpha value is -0.870. The van der Waals surface area contributed by atoms with Crippen molar-refractivity contribution in [1.29, 1.82) is 0 Å². The smallest absolute Gasteiger partial charge is 0.351 e. The van der Waals surface area contributed by atoms with E-state index >= 15 is 0 Å². The van der Waals surface area contributed by atoms with Gasteiger partial charge in [0.15, 0.2) is 0 Å². The normalized spacial score (nSPS) is 13.2. The number of rotatable bonds is 9. The van der Waals surface area contributed by atoms with Gasteiger partial charge in [0.25, 0.3) is 0 Å². The Bertz CT molecular complexity index is 423. The van der Waals surface area contributed by atoms with Crippen molar-refractivity contribution in [2.45, 2.75) is 32.5 Å². The van der Waals surface area contributed by atoms with Crippen molar-refractivity contribution in [2.75, 3.05) is 20.3 Å². The molecule has 0 heterocycles. The van der Waals surface area contributed by atoms with E-state index in [-0.39, 0.29) is 0 Å². The number of hydrogen-bond acceptors (Lipinski definition) is 5. The van der Waals surface area contributed by atoms with E-state index in [1.165, 1.54) is 0 Å². The fourth-order valence-electron chi connectivity index (χ4n) is 1.62. The number of benzene rings is 1. The molecule has 6 heteroatoms.